The minimum Gasteiger partial charge on any atom is -0.494 e. The van der Waals surface area contributed by atoms with E-state index in [9.17, 15) is 4.79 Å². The summed E-state index contributed by atoms with van der Waals surface area (Å²) in [5, 5.41) is 8.82. The Morgan fingerprint density at radius 3 is 2.46 bits per heavy atom. The number of hydrogen-bond acceptors (Lipinski definition) is 4. The lowest BCUT2D eigenvalue weighted by Gasteiger charge is -2.08. The van der Waals surface area contributed by atoms with Crippen molar-refractivity contribution in [2.24, 2.45) is 0 Å². The number of carboxylic acid groups (broad SMARTS) is 1. The molecule has 0 amide bonds. The smallest absolute Gasteiger partial charge is 0.337 e. The molecule has 0 fully saturated rings. The number of aromatic carboxylic acids is 1. The molecule has 24 heavy (non-hydrogen) atoms. The number of carbonyl (C=O) groups is 1. The summed E-state index contributed by atoms with van der Waals surface area (Å²) in [6, 6.07) is 10.8. The van der Waals surface area contributed by atoms with Crippen molar-refractivity contribution >= 4 is 5.97 Å². The molecule has 128 valence electrons. The van der Waals surface area contributed by atoms with Gasteiger partial charge in [0.2, 0.25) is 5.88 Å². The lowest BCUT2D eigenvalue weighted by atomic mass is 10.2. The van der Waals surface area contributed by atoms with E-state index < -0.39 is 5.97 Å². The van der Waals surface area contributed by atoms with Crippen LogP contribution in [0.5, 0.6) is 11.6 Å². The van der Waals surface area contributed by atoms with Gasteiger partial charge in [-0.2, -0.15) is 0 Å². The summed E-state index contributed by atoms with van der Waals surface area (Å²) >= 11 is 0. The highest BCUT2D eigenvalue weighted by molar-refractivity contribution is 5.87. The molecule has 0 aliphatic heterocycles. The summed E-state index contributed by atoms with van der Waals surface area (Å²) in [7, 11) is 0. The van der Waals surface area contributed by atoms with Crippen molar-refractivity contribution in [3.05, 3.63) is 53.7 Å². The Balaban J connectivity index is 1.76. The molecule has 5 heteroatoms. The second kappa shape index (κ2) is 9.55. The largest absolute Gasteiger partial charge is 0.494 e. The van der Waals surface area contributed by atoms with Gasteiger partial charge in [-0.15, -0.1) is 0 Å². The van der Waals surface area contributed by atoms with Gasteiger partial charge in [0, 0.05) is 12.3 Å². The zero-order valence-electron chi connectivity index (χ0n) is 13.9. The van der Waals surface area contributed by atoms with Gasteiger partial charge in [-0.25, -0.2) is 9.78 Å². The average Bonchev–Trinajstić information content (AvgIpc) is 2.61. The summed E-state index contributed by atoms with van der Waals surface area (Å²) in [4.78, 5) is 14.7. The van der Waals surface area contributed by atoms with Gasteiger partial charge in [0.25, 0.3) is 0 Å². The predicted octanol–water partition coefficient (Wildman–Crippen LogP) is 4.32. The maximum absolute atomic E-state index is 10.8. The van der Waals surface area contributed by atoms with Crippen LogP contribution >= 0.6 is 0 Å². The van der Waals surface area contributed by atoms with Crippen LogP contribution in [0, 0.1) is 0 Å². The van der Waals surface area contributed by atoms with Crippen molar-refractivity contribution in [3.63, 3.8) is 0 Å². The highest BCUT2D eigenvalue weighted by Crippen LogP contribution is 2.15. The lowest BCUT2D eigenvalue weighted by molar-refractivity contribution is 0.0696. The molecule has 0 atom stereocenters. The van der Waals surface area contributed by atoms with E-state index in [1.165, 1.54) is 31.5 Å². The van der Waals surface area contributed by atoms with Gasteiger partial charge in [0.1, 0.15) is 12.4 Å². The first kappa shape index (κ1) is 17.8. The Kier molecular flexibility index (Phi) is 7.08. The number of carboxylic acids is 1. The third-order valence-electron chi connectivity index (χ3n) is 3.56. The van der Waals surface area contributed by atoms with E-state index in [2.05, 4.69) is 11.9 Å². The number of rotatable bonds is 10. The average molecular weight is 329 g/mol. The fourth-order valence-electron chi connectivity index (χ4n) is 2.15. The SMILES string of the molecule is CCCCCCOc1ccc(COc2ccc(C(=O)O)cn2)cc1. The maximum Gasteiger partial charge on any atom is 0.337 e. The fourth-order valence-corrected chi connectivity index (χ4v) is 2.15. The quantitative estimate of drug-likeness (QED) is 0.658. The van der Waals surface area contributed by atoms with Crippen LogP contribution in [0.2, 0.25) is 0 Å². The Labute approximate surface area is 142 Å². The van der Waals surface area contributed by atoms with Crippen LogP contribution in [-0.4, -0.2) is 22.7 Å². The van der Waals surface area contributed by atoms with Gasteiger partial charge in [0.05, 0.1) is 12.2 Å². The Morgan fingerprint density at radius 2 is 1.83 bits per heavy atom. The maximum atomic E-state index is 10.8. The summed E-state index contributed by atoms with van der Waals surface area (Å²) in [6.45, 7) is 3.31. The molecule has 2 rings (SSSR count). The Morgan fingerprint density at radius 1 is 1.04 bits per heavy atom. The Hall–Kier alpha value is -2.56. The van der Waals surface area contributed by atoms with Crippen molar-refractivity contribution in [1.82, 2.24) is 4.98 Å². The van der Waals surface area contributed by atoms with Gasteiger partial charge in [-0.05, 0) is 30.2 Å². The van der Waals surface area contributed by atoms with E-state index >= 15 is 0 Å². The molecule has 0 spiro atoms. The van der Waals surface area contributed by atoms with Crippen LogP contribution in [0.3, 0.4) is 0 Å². The first-order valence-electron chi connectivity index (χ1n) is 8.23. The van der Waals surface area contributed by atoms with Gasteiger partial charge in [-0.3, -0.25) is 0 Å². The Bertz CT molecular complexity index is 623. The zero-order valence-corrected chi connectivity index (χ0v) is 13.9. The van der Waals surface area contributed by atoms with Crippen molar-refractivity contribution in [2.45, 2.75) is 39.2 Å². The minimum atomic E-state index is -1.00. The number of ether oxygens (including phenoxy) is 2. The molecule has 0 aliphatic rings. The molecule has 0 radical (unpaired) electrons. The standard InChI is InChI=1S/C19H23NO4/c1-2-3-4-5-12-23-17-9-6-15(7-10-17)14-24-18-11-8-16(13-20-18)19(21)22/h6-11,13H,2-5,12,14H2,1H3,(H,21,22). The van der Waals surface area contributed by atoms with Crippen LogP contribution in [0.25, 0.3) is 0 Å². The topological polar surface area (TPSA) is 68.7 Å². The number of unbranched alkanes of at least 4 members (excludes halogenated alkanes) is 3. The summed E-state index contributed by atoms with van der Waals surface area (Å²) in [6.07, 6.45) is 6.05. The number of nitrogens with zero attached hydrogens (tertiary/aromatic N) is 1. The molecule has 1 N–H and O–H groups in total. The van der Waals surface area contributed by atoms with Gasteiger partial charge in [0.15, 0.2) is 0 Å². The summed E-state index contributed by atoms with van der Waals surface area (Å²) in [5.41, 5.74) is 1.14. The van der Waals surface area contributed by atoms with E-state index in [1.807, 2.05) is 24.3 Å². The number of hydrogen-bond donors (Lipinski definition) is 1. The van der Waals surface area contributed by atoms with Gasteiger partial charge in [-0.1, -0.05) is 38.3 Å². The second-order valence-electron chi connectivity index (χ2n) is 5.53. The normalized spacial score (nSPS) is 10.4. The second-order valence-corrected chi connectivity index (χ2v) is 5.53. The van der Waals surface area contributed by atoms with Gasteiger partial charge >= 0.3 is 5.97 Å². The predicted molar refractivity (Wildman–Crippen MR) is 91.6 cm³/mol. The van der Waals surface area contributed by atoms with Crippen molar-refractivity contribution in [3.8, 4) is 11.6 Å². The first-order valence-corrected chi connectivity index (χ1v) is 8.23. The van der Waals surface area contributed by atoms with E-state index in [1.54, 1.807) is 6.07 Å². The number of benzene rings is 1. The highest BCUT2D eigenvalue weighted by atomic mass is 16.5. The molecule has 0 bridgehead atoms. The third-order valence-corrected chi connectivity index (χ3v) is 3.56. The molecule has 1 aromatic carbocycles. The van der Waals surface area contributed by atoms with E-state index in [0.717, 1.165) is 24.3 Å². The first-order chi connectivity index (χ1) is 11.7. The van der Waals surface area contributed by atoms with E-state index in [-0.39, 0.29) is 5.56 Å². The number of aromatic nitrogens is 1. The third kappa shape index (κ3) is 5.91. The van der Waals surface area contributed by atoms with Crippen molar-refractivity contribution in [1.29, 1.82) is 0 Å². The zero-order chi connectivity index (χ0) is 17.2. The van der Waals surface area contributed by atoms with Crippen LogP contribution in [0.15, 0.2) is 42.6 Å². The molecule has 5 nitrogen and oxygen atoms in total. The van der Waals surface area contributed by atoms with Crippen LogP contribution in [0.1, 0.15) is 48.5 Å². The molecule has 0 aliphatic carbocycles. The molecule has 2 aromatic rings. The van der Waals surface area contributed by atoms with Crippen molar-refractivity contribution < 1.29 is 19.4 Å². The minimum absolute atomic E-state index is 0.141. The monoisotopic (exact) mass is 329 g/mol. The van der Waals surface area contributed by atoms with Crippen LogP contribution in [-0.2, 0) is 6.61 Å². The highest BCUT2D eigenvalue weighted by Gasteiger charge is 2.04. The summed E-state index contributed by atoms with van der Waals surface area (Å²) < 4.78 is 11.2. The molecule has 0 saturated carbocycles. The van der Waals surface area contributed by atoms with Gasteiger partial charge < -0.3 is 14.6 Å². The molecule has 0 unspecified atom stereocenters. The summed E-state index contributed by atoms with van der Waals surface area (Å²) in [5.74, 6) is 0.259. The molecular formula is C19H23NO4. The fraction of sp³-hybridized carbons (Fsp3) is 0.368. The molecule has 0 saturated heterocycles. The van der Waals surface area contributed by atoms with E-state index in [4.69, 9.17) is 14.6 Å². The number of pyridine rings is 1. The van der Waals surface area contributed by atoms with Crippen LogP contribution < -0.4 is 9.47 Å². The lowest BCUT2D eigenvalue weighted by Crippen LogP contribution is -2.01. The van der Waals surface area contributed by atoms with Crippen molar-refractivity contribution in [2.75, 3.05) is 6.61 Å². The molecule has 1 aromatic heterocycles. The molecular weight excluding hydrogens is 306 g/mol. The van der Waals surface area contributed by atoms with E-state index in [0.29, 0.717) is 12.5 Å². The molecule has 1 heterocycles. The van der Waals surface area contributed by atoms with Crippen LogP contribution in [0.4, 0.5) is 0 Å².